The van der Waals surface area contributed by atoms with Crippen molar-refractivity contribution in [3.05, 3.63) is 68.5 Å². The third-order valence-corrected chi connectivity index (χ3v) is 7.92. The van der Waals surface area contributed by atoms with Gasteiger partial charge < -0.3 is 19.5 Å². The quantitative estimate of drug-likeness (QED) is 0.374. The van der Waals surface area contributed by atoms with Crippen LogP contribution in [0.4, 0.5) is 5.82 Å². The van der Waals surface area contributed by atoms with Gasteiger partial charge in [-0.05, 0) is 55.2 Å². The Hall–Kier alpha value is -3.41. The molecule has 3 aromatic rings. The van der Waals surface area contributed by atoms with Crippen molar-refractivity contribution in [3.8, 4) is 11.5 Å². The van der Waals surface area contributed by atoms with Crippen LogP contribution in [0, 0.1) is 6.92 Å². The molecule has 1 aromatic carbocycles. The van der Waals surface area contributed by atoms with Crippen LogP contribution in [0.2, 0.25) is 0 Å². The molecule has 9 nitrogen and oxygen atoms in total. The van der Waals surface area contributed by atoms with Gasteiger partial charge in [-0.25, -0.2) is 4.98 Å². The van der Waals surface area contributed by atoms with E-state index in [0.717, 1.165) is 24.0 Å². The minimum atomic E-state index is -0.272. The summed E-state index contributed by atoms with van der Waals surface area (Å²) in [6.45, 7) is 3.62. The van der Waals surface area contributed by atoms with E-state index in [1.165, 1.54) is 16.2 Å². The molecule has 0 bridgehead atoms. The van der Waals surface area contributed by atoms with Crippen molar-refractivity contribution in [3.63, 3.8) is 0 Å². The molecule has 2 aromatic heterocycles. The maximum absolute atomic E-state index is 13.6. The van der Waals surface area contributed by atoms with E-state index in [4.69, 9.17) is 31.4 Å². The normalized spacial score (nSPS) is 20.0. The molecule has 6 rings (SSSR count). The second-order valence-electron chi connectivity index (χ2n) is 9.03. The third kappa shape index (κ3) is 4.58. The number of aryl methyl sites for hydroxylation is 1. The standard InChI is InChI=1S/C26H24N4O5S2/c1-15-4-2-8-29-23(15)28-22(27-12-16-6-7-19-20(10-16)35-14-34-19)18(24(29)31)11-21-25(32)30(26(36)37-21)13-17-5-3-9-33-17/h2,4,6-8,10-11,17,27H,3,5,9,12-14H2,1H3/b21-11-/t17-/m0/s1. The predicted molar refractivity (Wildman–Crippen MR) is 145 cm³/mol. The predicted octanol–water partition coefficient (Wildman–Crippen LogP) is 3.72. The number of nitrogens with one attached hydrogen (secondary N) is 1. The van der Waals surface area contributed by atoms with Gasteiger partial charge in [0.25, 0.3) is 11.5 Å². The van der Waals surface area contributed by atoms with E-state index in [2.05, 4.69) is 5.32 Å². The number of carbonyl (C=O) groups is 1. The summed E-state index contributed by atoms with van der Waals surface area (Å²) < 4.78 is 18.5. The van der Waals surface area contributed by atoms with Gasteiger partial charge in [-0.1, -0.05) is 36.1 Å². The Labute approximate surface area is 222 Å². The molecule has 0 saturated carbocycles. The Morgan fingerprint density at radius 1 is 1.24 bits per heavy atom. The monoisotopic (exact) mass is 536 g/mol. The highest BCUT2D eigenvalue weighted by molar-refractivity contribution is 8.26. The van der Waals surface area contributed by atoms with Crippen LogP contribution in [-0.2, 0) is 16.1 Å². The Kier molecular flexibility index (Phi) is 6.35. The molecule has 0 unspecified atom stereocenters. The lowest BCUT2D eigenvalue weighted by Crippen LogP contribution is -2.35. The second kappa shape index (κ2) is 9.81. The third-order valence-electron chi connectivity index (χ3n) is 6.54. The molecular weight excluding hydrogens is 512 g/mol. The van der Waals surface area contributed by atoms with Crippen molar-refractivity contribution in [1.29, 1.82) is 0 Å². The molecule has 0 aliphatic carbocycles. The number of fused-ring (bicyclic) bond motifs is 2. The van der Waals surface area contributed by atoms with Gasteiger partial charge in [0.2, 0.25) is 6.79 Å². The fraction of sp³-hybridized carbons (Fsp3) is 0.308. The molecule has 5 heterocycles. The van der Waals surface area contributed by atoms with Gasteiger partial charge in [-0.2, -0.15) is 0 Å². The molecule has 0 radical (unpaired) electrons. The van der Waals surface area contributed by atoms with E-state index in [9.17, 15) is 9.59 Å². The van der Waals surface area contributed by atoms with Crippen molar-refractivity contribution >= 4 is 51.7 Å². The van der Waals surface area contributed by atoms with Crippen LogP contribution in [-0.4, -0.2) is 50.6 Å². The highest BCUT2D eigenvalue weighted by Crippen LogP contribution is 2.35. The number of amides is 1. The molecular formula is C26H24N4O5S2. The highest BCUT2D eigenvalue weighted by atomic mass is 32.2. The smallest absolute Gasteiger partial charge is 0.267 e. The lowest BCUT2D eigenvalue weighted by molar-refractivity contribution is -0.123. The molecule has 37 heavy (non-hydrogen) atoms. The first-order chi connectivity index (χ1) is 18.0. The number of ether oxygens (including phenoxy) is 3. The summed E-state index contributed by atoms with van der Waals surface area (Å²) in [5.74, 6) is 1.55. The van der Waals surface area contributed by atoms with Crippen molar-refractivity contribution in [2.75, 3.05) is 25.3 Å². The first-order valence-corrected chi connectivity index (χ1v) is 13.2. The topological polar surface area (TPSA) is 94.4 Å². The van der Waals surface area contributed by atoms with Gasteiger partial charge in [-0.15, -0.1) is 0 Å². The number of rotatable bonds is 6. The zero-order valence-corrected chi connectivity index (χ0v) is 21.7. The zero-order valence-electron chi connectivity index (χ0n) is 20.1. The first kappa shape index (κ1) is 24.0. The van der Waals surface area contributed by atoms with Crippen molar-refractivity contribution in [1.82, 2.24) is 14.3 Å². The number of pyridine rings is 1. The lowest BCUT2D eigenvalue weighted by Gasteiger charge is -2.18. The zero-order chi connectivity index (χ0) is 25.5. The summed E-state index contributed by atoms with van der Waals surface area (Å²) in [5, 5.41) is 3.30. The maximum atomic E-state index is 13.6. The van der Waals surface area contributed by atoms with Gasteiger partial charge in [-0.3, -0.25) is 18.9 Å². The van der Waals surface area contributed by atoms with Gasteiger partial charge >= 0.3 is 0 Å². The molecule has 2 fully saturated rings. The van der Waals surface area contributed by atoms with E-state index in [-0.39, 0.29) is 24.4 Å². The Morgan fingerprint density at radius 2 is 2.11 bits per heavy atom. The fourth-order valence-electron chi connectivity index (χ4n) is 4.59. The van der Waals surface area contributed by atoms with Crippen LogP contribution in [0.3, 0.4) is 0 Å². The number of thioether (sulfide) groups is 1. The summed E-state index contributed by atoms with van der Waals surface area (Å²) in [5.41, 5.74) is 2.36. The van der Waals surface area contributed by atoms with Gasteiger partial charge in [0.15, 0.2) is 11.5 Å². The first-order valence-electron chi connectivity index (χ1n) is 12.0. The average molecular weight is 537 g/mol. The molecule has 2 saturated heterocycles. The largest absolute Gasteiger partial charge is 0.454 e. The number of carbonyl (C=O) groups excluding carboxylic acids is 1. The molecule has 3 aliphatic heterocycles. The molecule has 3 aliphatic rings. The Bertz CT molecular complexity index is 1510. The second-order valence-corrected chi connectivity index (χ2v) is 10.7. The Balaban J connectivity index is 1.35. The van der Waals surface area contributed by atoms with Gasteiger partial charge in [0.1, 0.15) is 15.8 Å². The number of hydrogen-bond donors (Lipinski definition) is 1. The summed E-state index contributed by atoms with van der Waals surface area (Å²) in [4.78, 5) is 33.6. The molecule has 1 N–H and O–H groups in total. The van der Waals surface area contributed by atoms with Crippen molar-refractivity contribution < 1.29 is 19.0 Å². The van der Waals surface area contributed by atoms with Crippen molar-refractivity contribution in [2.45, 2.75) is 32.4 Å². The minimum absolute atomic E-state index is 0.0169. The fourth-order valence-corrected chi connectivity index (χ4v) is 5.85. The molecule has 11 heteroatoms. The number of benzene rings is 1. The molecule has 190 valence electrons. The van der Waals surface area contributed by atoms with Crippen molar-refractivity contribution in [2.24, 2.45) is 0 Å². The molecule has 1 amide bonds. The van der Waals surface area contributed by atoms with Crippen LogP contribution >= 0.6 is 24.0 Å². The number of aromatic nitrogens is 2. The lowest BCUT2D eigenvalue weighted by atomic mass is 10.2. The van der Waals surface area contributed by atoms with Crippen LogP contribution in [0.15, 0.2) is 46.2 Å². The van der Waals surface area contributed by atoms with E-state index in [1.807, 2.05) is 31.2 Å². The van der Waals surface area contributed by atoms with Crippen LogP contribution in [0.5, 0.6) is 11.5 Å². The summed E-state index contributed by atoms with van der Waals surface area (Å²) in [7, 11) is 0. The summed E-state index contributed by atoms with van der Waals surface area (Å²) in [6, 6.07) is 9.38. The van der Waals surface area contributed by atoms with Crippen LogP contribution in [0.25, 0.3) is 11.7 Å². The maximum Gasteiger partial charge on any atom is 0.267 e. The molecule has 0 spiro atoms. The van der Waals surface area contributed by atoms with Crippen LogP contribution in [0.1, 0.15) is 29.5 Å². The minimum Gasteiger partial charge on any atom is -0.454 e. The van der Waals surface area contributed by atoms with Crippen LogP contribution < -0.4 is 20.3 Å². The van der Waals surface area contributed by atoms with E-state index >= 15 is 0 Å². The highest BCUT2D eigenvalue weighted by Gasteiger charge is 2.35. The molecule has 1 atom stereocenters. The van der Waals surface area contributed by atoms with E-state index in [0.29, 0.717) is 57.4 Å². The summed E-state index contributed by atoms with van der Waals surface area (Å²) >= 11 is 6.69. The van der Waals surface area contributed by atoms with Gasteiger partial charge in [0, 0.05) is 19.3 Å². The number of thiocarbonyl (C=S) groups is 1. The number of nitrogens with zero attached hydrogens (tertiary/aromatic N) is 3. The SMILES string of the molecule is Cc1cccn2c(=O)c(/C=C3\SC(=S)N(C[C@@H]4CCCO4)C3=O)c(NCc3ccc4c(c3)OCO4)nc12. The van der Waals surface area contributed by atoms with E-state index < -0.39 is 0 Å². The number of hydrogen-bond acceptors (Lipinski definition) is 9. The summed E-state index contributed by atoms with van der Waals surface area (Å²) in [6.07, 6.45) is 5.14. The number of anilines is 1. The van der Waals surface area contributed by atoms with Gasteiger partial charge in [0.05, 0.1) is 23.1 Å². The average Bonchev–Trinajstić information content (AvgIpc) is 3.63. The Morgan fingerprint density at radius 3 is 2.95 bits per heavy atom. The van der Waals surface area contributed by atoms with E-state index in [1.54, 1.807) is 23.2 Å².